The SMILES string of the molecule is Cc1noc([C@H](C)NS(=O)(=O)c2ccc(-c3ccn[nH]3)o2)n1. The smallest absolute Gasteiger partial charge is 0.274 e. The lowest BCUT2D eigenvalue weighted by Gasteiger charge is -2.08. The Balaban J connectivity index is 1.81. The molecular formula is C12H13N5O4S. The average Bonchev–Trinajstić information content (AvgIpc) is 3.19. The lowest BCUT2D eigenvalue weighted by atomic mass is 10.3. The minimum atomic E-state index is -3.85. The Kier molecular flexibility index (Phi) is 3.54. The van der Waals surface area contributed by atoms with E-state index in [1.165, 1.54) is 6.07 Å². The van der Waals surface area contributed by atoms with Gasteiger partial charge in [0.2, 0.25) is 11.0 Å². The van der Waals surface area contributed by atoms with Gasteiger partial charge in [-0.3, -0.25) is 5.10 Å². The Bertz CT molecular complexity index is 865. The van der Waals surface area contributed by atoms with E-state index in [4.69, 9.17) is 8.94 Å². The molecule has 3 aromatic rings. The quantitative estimate of drug-likeness (QED) is 0.726. The molecule has 22 heavy (non-hydrogen) atoms. The summed E-state index contributed by atoms with van der Waals surface area (Å²) in [4.78, 5) is 3.99. The van der Waals surface area contributed by atoms with E-state index in [-0.39, 0.29) is 11.0 Å². The Morgan fingerprint density at radius 1 is 1.32 bits per heavy atom. The van der Waals surface area contributed by atoms with Crippen LogP contribution in [0.1, 0.15) is 24.7 Å². The molecule has 0 aliphatic carbocycles. The molecule has 3 heterocycles. The Hall–Kier alpha value is -2.46. The van der Waals surface area contributed by atoms with Crippen molar-refractivity contribution in [1.82, 2.24) is 25.1 Å². The highest BCUT2D eigenvalue weighted by molar-refractivity contribution is 7.89. The lowest BCUT2D eigenvalue weighted by molar-refractivity contribution is 0.349. The van der Waals surface area contributed by atoms with Crippen LogP contribution < -0.4 is 4.72 Å². The van der Waals surface area contributed by atoms with Crippen molar-refractivity contribution in [2.24, 2.45) is 0 Å². The molecule has 9 nitrogen and oxygen atoms in total. The maximum Gasteiger partial charge on any atom is 0.274 e. The van der Waals surface area contributed by atoms with E-state index in [1.807, 2.05) is 0 Å². The number of furan rings is 1. The van der Waals surface area contributed by atoms with Crippen molar-refractivity contribution in [3.05, 3.63) is 36.1 Å². The molecule has 0 amide bonds. The zero-order valence-corrected chi connectivity index (χ0v) is 12.6. The number of hydrogen-bond acceptors (Lipinski definition) is 7. The molecule has 0 radical (unpaired) electrons. The van der Waals surface area contributed by atoms with Gasteiger partial charge < -0.3 is 8.94 Å². The molecule has 0 bridgehead atoms. The first kappa shape index (κ1) is 14.5. The fraction of sp³-hybridized carbons (Fsp3) is 0.250. The average molecular weight is 323 g/mol. The number of rotatable bonds is 5. The summed E-state index contributed by atoms with van der Waals surface area (Å²) in [6.45, 7) is 3.25. The highest BCUT2D eigenvalue weighted by Gasteiger charge is 2.25. The van der Waals surface area contributed by atoms with Crippen molar-refractivity contribution >= 4 is 10.0 Å². The van der Waals surface area contributed by atoms with Gasteiger partial charge in [0.05, 0.1) is 6.04 Å². The molecule has 1 atom stereocenters. The highest BCUT2D eigenvalue weighted by Crippen LogP contribution is 2.23. The van der Waals surface area contributed by atoms with Crippen molar-refractivity contribution in [3.63, 3.8) is 0 Å². The summed E-state index contributed by atoms with van der Waals surface area (Å²) in [5, 5.41) is 9.89. The number of aromatic nitrogens is 4. The van der Waals surface area contributed by atoms with E-state index in [0.717, 1.165) is 0 Å². The van der Waals surface area contributed by atoms with Crippen LogP contribution in [0.2, 0.25) is 0 Å². The van der Waals surface area contributed by atoms with Gasteiger partial charge in [0.25, 0.3) is 10.0 Å². The second kappa shape index (κ2) is 5.39. The summed E-state index contributed by atoms with van der Waals surface area (Å²) in [6.07, 6.45) is 1.55. The zero-order valence-electron chi connectivity index (χ0n) is 11.8. The fourth-order valence-corrected chi connectivity index (χ4v) is 2.96. The van der Waals surface area contributed by atoms with E-state index in [2.05, 4.69) is 25.1 Å². The highest BCUT2D eigenvalue weighted by atomic mass is 32.2. The lowest BCUT2D eigenvalue weighted by Crippen LogP contribution is -2.26. The van der Waals surface area contributed by atoms with E-state index >= 15 is 0 Å². The largest absolute Gasteiger partial charge is 0.442 e. The van der Waals surface area contributed by atoms with Gasteiger partial charge >= 0.3 is 0 Å². The van der Waals surface area contributed by atoms with Gasteiger partial charge in [0.15, 0.2) is 11.6 Å². The Labute approximate surface area is 125 Å². The molecule has 0 saturated carbocycles. The van der Waals surface area contributed by atoms with Crippen LogP contribution in [0.4, 0.5) is 0 Å². The summed E-state index contributed by atoms with van der Waals surface area (Å²) >= 11 is 0. The first-order valence-corrected chi connectivity index (χ1v) is 7.86. The van der Waals surface area contributed by atoms with Crippen molar-refractivity contribution in [2.75, 3.05) is 0 Å². The van der Waals surface area contributed by atoms with Crippen LogP contribution in [-0.2, 0) is 10.0 Å². The first-order valence-electron chi connectivity index (χ1n) is 6.38. The maximum atomic E-state index is 12.3. The minimum absolute atomic E-state index is 0.182. The van der Waals surface area contributed by atoms with Crippen LogP contribution >= 0.6 is 0 Å². The summed E-state index contributed by atoms with van der Waals surface area (Å²) in [6, 6.07) is 3.91. The van der Waals surface area contributed by atoms with Crippen LogP contribution in [0.5, 0.6) is 0 Å². The molecule has 0 fully saturated rings. The normalized spacial score (nSPS) is 13.4. The minimum Gasteiger partial charge on any atom is -0.442 e. The number of nitrogens with one attached hydrogen (secondary N) is 2. The van der Waals surface area contributed by atoms with Crippen LogP contribution in [0.25, 0.3) is 11.5 Å². The molecule has 3 rings (SSSR count). The molecule has 2 N–H and O–H groups in total. The molecule has 0 saturated heterocycles. The first-order chi connectivity index (χ1) is 10.5. The number of aromatic amines is 1. The number of aryl methyl sites for hydroxylation is 1. The topological polar surface area (TPSA) is 127 Å². The van der Waals surface area contributed by atoms with Crippen molar-refractivity contribution in [3.8, 4) is 11.5 Å². The third-order valence-corrected chi connectivity index (χ3v) is 4.27. The molecule has 0 aromatic carbocycles. The van der Waals surface area contributed by atoms with Gasteiger partial charge in [-0.1, -0.05) is 5.16 Å². The van der Waals surface area contributed by atoms with Crippen molar-refractivity contribution in [1.29, 1.82) is 0 Å². The maximum absolute atomic E-state index is 12.3. The second-order valence-electron chi connectivity index (χ2n) is 4.61. The molecule has 0 spiro atoms. The molecule has 116 valence electrons. The van der Waals surface area contributed by atoms with Crippen LogP contribution in [0, 0.1) is 6.92 Å². The van der Waals surface area contributed by atoms with E-state index in [1.54, 1.807) is 32.2 Å². The Morgan fingerprint density at radius 2 is 2.14 bits per heavy atom. The summed E-state index contributed by atoms with van der Waals surface area (Å²) in [5.74, 6) is 0.987. The zero-order chi connectivity index (χ0) is 15.7. The van der Waals surface area contributed by atoms with Gasteiger partial charge in [-0.2, -0.15) is 14.8 Å². The van der Waals surface area contributed by atoms with Crippen molar-refractivity contribution < 1.29 is 17.4 Å². The van der Waals surface area contributed by atoms with Crippen LogP contribution in [-0.4, -0.2) is 28.8 Å². The predicted molar refractivity (Wildman–Crippen MR) is 74.1 cm³/mol. The second-order valence-corrected chi connectivity index (χ2v) is 6.26. The monoisotopic (exact) mass is 323 g/mol. The molecular weight excluding hydrogens is 310 g/mol. The molecule has 0 aliphatic heterocycles. The number of nitrogens with zero attached hydrogens (tertiary/aromatic N) is 3. The van der Waals surface area contributed by atoms with Gasteiger partial charge in [0.1, 0.15) is 5.69 Å². The molecule has 3 aromatic heterocycles. The number of hydrogen-bond donors (Lipinski definition) is 2. The molecule has 0 unspecified atom stereocenters. The summed E-state index contributed by atoms with van der Waals surface area (Å²) < 4.78 is 37.3. The summed E-state index contributed by atoms with van der Waals surface area (Å²) in [5.41, 5.74) is 0.585. The van der Waals surface area contributed by atoms with E-state index < -0.39 is 16.1 Å². The van der Waals surface area contributed by atoms with Crippen molar-refractivity contribution in [2.45, 2.75) is 25.0 Å². The summed E-state index contributed by atoms with van der Waals surface area (Å²) in [7, 11) is -3.85. The Morgan fingerprint density at radius 3 is 2.77 bits per heavy atom. The van der Waals surface area contributed by atoms with Crippen LogP contribution in [0.3, 0.4) is 0 Å². The van der Waals surface area contributed by atoms with Gasteiger partial charge in [-0.15, -0.1) is 0 Å². The molecule has 10 heteroatoms. The fourth-order valence-electron chi connectivity index (χ4n) is 1.83. The van der Waals surface area contributed by atoms with E-state index in [0.29, 0.717) is 17.3 Å². The third kappa shape index (κ3) is 2.78. The molecule has 0 aliphatic rings. The van der Waals surface area contributed by atoms with Gasteiger partial charge in [-0.25, -0.2) is 8.42 Å². The predicted octanol–water partition coefficient (Wildman–Crippen LogP) is 1.40. The number of sulfonamides is 1. The van der Waals surface area contributed by atoms with Crippen LogP contribution in [0.15, 0.2) is 38.4 Å². The standard InChI is InChI=1S/C12H13N5O4S/c1-7(12-14-8(2)16-21-12)17-22(18,19)11-4-3-10(20-11)9-5-6-13-15-9/h3-7,17H,1-2H3,(H,13,15)/t7-/m0/s1. The van der Waals surface area contributed by atoms with E-state index in [9.17, 15) is 8.42 Å². The van der Waals surface area contributed by atoms with Gasteiger partial charge in [0, 0.05) is 6.20 Å². The number of H-pyrrole nitrogens is 1. The van der Waals surface area contributed by atoms with Gasteiger partial charge in [-0.05, 0) is 32.0 Å². The third-order valence-electron chi connectivity index (χ3n) is 2.86.